The molecule has 0 saturated carbocycles. The number of anilines is 1. The van der Waals surface area contributed by atoms with Crippen molar-refractivity contribution in [1.29, 1.82) is 0 Å². The molecule has 28 heavy (non-hydrogen) atoms. The second-order valence-electron chi connectivity index (χ2n) is 6.32. The van der Waals surface area contributed by atoms with Crippen LogP contribution >= 0.6 is 0 Å². The van der Waals surface area contributed by atoms with Crippen molar-refractivity contribution in [1.82, 2.24) is 4.90 Å². The predicted molar refractivity (Wildman–Crippen MR) is 108 cm³/mol. The maximum absolute atomic E-state index is 13.0. The molecule has 2 aromatic rings. The van der Waals surface area contributed by atoms with Crippen molar-refractivity contribution < 1.29 is 19.1 Å². The first-order chi connectivity index (χ1) is 13.5. The molecule has 3 rings (SSSR count). The second-order valence-corrected chi connectivity index (χ2v) is 6.32. The molecule has 6 nitrogen and oxygen atoms in total. The molecule has 0 spiro atoms. The molecule has 0 bridgehead atoms. The van der Waals surface area contributed by atoms with Crippen LogP contribution in [0.1, 0.15) is 11.1 Å². The Kier molecular flexibility index (Phi) is 5.49. The summed E-state index contributed by atoms with van der Waals surface area (Å²) in [5, 5.41) is 3.13. The fraction of sp³-hybridized carbons (Fsp3) is 0.182. The topological polar surface area (TPSA) is 67.9 Å². The van der Waals surface area contributed by atoms with Crippen LogP contribution in [0.3, 0.4) is 0 Å². The van der Waals surface area contributed by atoms with Crippen LogP contribution in [0.5, 0.6) is 11.5 Å². The van der Waals surface area contributed by atoms with Gasteiger partial charge in [-0.3, -0.25) is 14.5 Å². The van der Waals surface area contributed by atoms with E-state index in [1.807, 2.05) is 31.2 Å². The van der Waals surface area contributed by atoms with E-state index in [0.29, 0.717) is 17.1 Å². The van der Waals surface area contributed by atoms with Crippen LogP contribution in [0.15, 0.2) is 60.8 Å². The number of benzene rings is 2. The largest absolute Gasteiger partial charge is 0.493 e. The van der Waals surface area contributed by atoms with E-state index in [1.54, 1.807) is 18.2 Å². The van der Waals surface area contributed by atoms with Gasteiger partial charge in [0.1, 0.15) is 5.70 Å². The summed E-state index contributed by atoms with van der Waals surface area (Å²) in [4.78, 5) is 27.1. The maximum Gasteiger partial charge on any atom is 0.278 e. The van der Waals surface area contributed by atoms with Crippen molar-refractivity contribution in [2.24, 2.45) is 0 Å². The Hall–Kier alpha value is -3.54. The SMILES string of the molecule is C=CCN1C(=O)C(Nc2cccc(C)c2)=C(c2ccc(OC)c(OC)c2)C1=O. The second kappa shape index (κ2) is 8.00. The fourth-order valence-corrected chi connectivity index (χ4v) is 3.11. The van der Waals surface area contributed by atoms with E-state index < -0.39 is 5.91 Å². The van der Waals surface area contributed by atoms with Crippen LogP contribution in [0.25, 0.3) is 5.57 Å². The lowest BCUT2D eigenvalue weighted by Gasteiger charge is -2.12. The molecule has 0 aliphatic carbocycles. The molecule has 1 aliphatic heterocycles. The minimum atomic E-state index is -0.392. The Morgan fingerprint density at radius 2 is 1.79 bits per heavy atom. The van der Waals surface area contributed by atoms with Gasteiger partial charge < -0.3 is 14.8 Å². The van der Waals surface area contributed by atoms with Crippen molar-refractivity contribution in [3.05, 3.63) is 71.9 Å². The molecule has 0 radical (unpaired) electrons. The summed E-state index contributed by atoms with van der Waals surface area (Å²) in [6.45, 7) is 5.73. The van der Waals surface area contributed by atoms with Gasteiger partial charge >= 0.3 is 0 Å². The van der Waals surface area contributed by atoms with Crippen molar-refractivity contribution >= 4 is 23.1 Å². The minimum absolute atomic E-state index is 0.132. The van der Waals surface area contributed by atoms with Crippen LogP contribution in [0.4, 0.5) is 5.69 Å². The number of nitrogens with one attached hydrogen (secondary N) is 1. The summed E-state index contributed by atoms with van der Waals surface area (Å²) >= 11 is 0. The predicted octanol–water partition coefficient (Wildman–Crippen LogP) is 3.39. The number of ether oxygens (including phenoxy) is 2. The molecule has 0 aromatic heterocycles. The number of rotatable bonds is 7. The number of imide groups is 1. The Bertz CT molecular complexity index is 978. The van der Waals surface area contributed by atoms with Crippen LogP contribution in [0.2, 0.25) is 0 Å². The van der Waals surface area contributed by atoms with E-state index in [0.717, 1.165) is 16.2 Å². The molecule has 6 heteroatoms. The zero-order valence-electron chi connectivity index (χ0n) is 16.1. The molecular formula is C22H22N2O4. The zero-order chi connectivity index (χ0) is 20.3. The lowest BCUT2D eigenvalue weighted by atomic mass is 10.0. The van der Waals surface area contributed by atoms with Gasteiger partial charge in [-0.15, -0.1) is 6.58 Å². The van der Waals surface area contributed by atoms with E-state index in [2.05, 4.69) is 11.9 Å². The van der Waals surface area contributed by atoms with Gasteiger partial charge in [0.15, 0.2) is 11.5 Å². The summed E-state index contributed by atoms with van der Waals surface area (Å²) in [6, 6.07) is 12.7. The molecule has 2 aromatic carbocycles. The third-order valence-corrected chi connectivity index (χ3v) is 4.44. The average molecular weight is 378 g/mol. The molecule has 144 valence electrons. The highest BCUT2D eigenvalue weighted by Crippen LogP contribution is 2.35. The molecule has 0 atom stereocenters. The standard InChI is InChI=1S/C22H22N2O4/c1-5-11-24-21(25)19(15-9-10-17(27-3)18(13-15)28-4)20(22(24)26)23-16-8-6-7-14(2)12-16/h5-10,12-13,23H,1,11H2,2-4H3. The van der Waals surface area contributed by atoms with E-state index in [4.69, 9.17) is 9.47 Å². The van der Waals surface area contributed by atoms with Crippen LogP contribution < -0.4 is 14.8 Å². The lowest BCUT2D eigenvalue weighted by molar-refractivity contribution is -0.136. The van der Waals surface area contributed by atoms with Gasteiger partial charge in [0, 0.05) is 12.2 Å². The third kappa shape index (κ3) is 3.49. The average Bonchev–Trinajstić information content (AvgIpc) is 2.92. The summed E-state index contributed by atoms with van der Waals surface area (Å²) in [5.74, 6) is 0.244. The molecule has 1 aliphatic rings. The first kappa shape index (κ1) is 19.2. The minimum Gasteiger partial charge on any atom is -0.493 e. The van der Waals surface area contributed by atoms with Gasteiger partial charge in [-0.2, -0.15) is 0 Å². The van der Waals surface area contributed by atoms with Crippen molar-refractivity contribution in [3.8, 4) is 11.5 Å². The first-order valence-corrected chi connectivity index (χ1v) is 8.77. The number of amides is 2. The van der Waals surface area contributed by atoms with Crippen molar-refractivity contribution in [2.75, 3.05) is 26.1 Å². The van der Waals surface area contributed by atoms with Crippen molar-refractivity contribution in [2.45, 2.75) is 6.92 Å². The zero-order valence-corrected chi connectivity index (χ0v) is 16.1. The van der Waals surface area contributed by atoms with E-state index >= 15 is 0 Å². The Morgan fingerprint density at radius 1 is 1.04 bits per heavy atom. The van der Waals surface area contributed by atoms with E-state index in [9.17, 15) is 9.59 Å². The maximum atomic E-state index is 13.0. The molecule has 0 unspecified atom stereocenters. The van der Waals surface area contributed by atoms with Gasteiger partial charge in [-0.25, -0.2) is 0 Å². The summed E-state index contributed by atoms with van der Waals surface area (Å²) in [6.07, 6.45) is 1.53. The molecule has 2 amide bonds. The molecule has 0 fully saturated rings. The van der Waals surface area contributed by atoms with Crippen molar-refractivity contribution in [3.63, 3.8) is 0 Å². The van der Waals surface area contributed by atoms with Gasteiger partial charge in [-0.05, 0) is 42.3 Å². The summed E-state index contributed by atoms with van der Waals surface area (Å²) < 4.78 is 10.6. The monoisotopic (exact) mass is 378 g/mol. The number of carbonyl (C=O) groups excluding carboxylic acids is 2. The van der Waals surface area contributed by atoms with Gasteiger partial charge in [0.05, 0.1) is 19.8 Å². The number of methoxy groups -OCH3 is 2. The Morgan fingerprint density at radius 3 is 2.43 bits per heavy atom. The van der Waals surface area contributed by atoms with Gasteiger partial charge in [-0.1, -0.05) is 24.3 Å². The van der Waals surface area contributed by atoms with Gasteiger partial charge in [0.25, 0.3) is 11.8 Å². The molecule has 0 saturated heterocycles. The van der Waals surface area contributed by atoms with Crippen LogP contribution in [-0.2, 0) is 9.59 Å². The third-order valence-electron chi connectivity index (χ3n) is 4.44. The molecular weight excluding hydrogens is 356 g/mol. The highest BCUT2D eigenvalue weighted by molar-refractivity contribution is 6.36. The quantitative estimate of drug-likeness (QED) is 0.591. The normalized spacial score (nSPS) is 13.8. The number of hydrogen-bond donors (Lipinski definition) is 1. The molecule has 1 N–H and O–H groups in total. The Labute approximate surface area is 164 Å². The molecule has 1 heterocycles. The number of nitrogens with zero attached hydrogens (tertiary/aromatic N) is 1. The van der Waals surface area contributed by atoms with Crippen LogP contribution in [-0.4, -0.2) is 37.5 Å². The van der Waals surface area contributed by atoms with E-state index in [-0.39, 0.29) is 23.7 Å². The number of hydrogen-bond acceptors (Lipinski definition) is 5. The number of aryl methyl sites for hydroxylation is 1. The van der Waals surface area contributed by atoms with E-state index in [1.165, 1.54) is 20.3 Å². The lowest BCUT2D eigenvalue weighted by Crippen LogP contribution is -2.32. The summed E-state index contributed by atoms with van der Waals surface area (Å²) in [7, 11) is 3.06. The first-order valence-electron chi connectivity index (χ1n) is 8.77. The Balaban J connectivity index is 2.12. The number of carbonyl (C=O) groups is 2. The highest BCUT2D eigenvalue weighted by Gasteiger charge is 2.38. The highest BCUT2D eigenvalue weighted by atomic mass is 16.5. The smallest absolute Gasteiger partial charge is 0.278 e. The summed E-state index contributed by atoms with van der Waals surface area (Å²) in [5.41, 5.74) is 2.85. The van der Waals surface area contributed by atoms with Gasteiger partial charge in [0.2, 0.25) is 0 Å². The fourth-order valence-electron chi connectivity index (χ4n) is 3.11. The van der Waals surface area contributed by atoms with Crippen LogP contribution in [0, 0.1) is 6.92 Å².